The van der Waals surface area contributed by atoms with Crippen molar-refractivity contribution in [1.82, 2.24) is 24.6 Å². The van der Waals surface area contributed by atoms with E-state index in [-0.39, 0.29) is 23.6 Å². The van der Waals surface area contributed by atoms with Crippen molar-refractivity contribution in [2.75, 3.05) is 39.6 Å². The molecule has 0 spiro atoms. The second kappa shape index (κ2) is 13.4. The number of thioether (sulfide) groups is 1. The Kier molecular flexibility index (Phi) is 9.23. The van der Waals surface area contributed by atoms with Crippen LogP contribution in [0.3, 0.4) is 0 Å². The molecule has 10 heteroatoms. The molecule has 3 aromatic carbocycles. The number of rotatable bonds is 9. The largest absolute Gasteiger partial charge is 0.497 e. The number of carbonyl (C=O) groups excluding carboxylic acids is 2. The molecule has 1 fully saturated rings. The molecule has 1 saturated heterocycles. The average molecular weight is 584 g/mol. The highest BCUT2D eigenvalue weighted by atomic mass is 32.2. The Bertz CT molecular complexity index is 1550. The number of methoxy groups -OCH3 is 2. The van der Waals surface area contributed by atoms with Crippen LogP contribution in [0.4, 0.5) is 0 Å². The Labute approximate surface area is 249 Å². The zero-order chi connectivity index (χ0) is 29.5. The van der Waals surface area contributed by atoms with E-state index in [1.54, 1.807) is 20.3 Å². The first-order valence-electron chi connectivity index (χ1n) is 13.7. The van der Waals surface area contributed by atoms with Crippen molar-refractivity contribution in [2.24, 2.45) is 0 Å². The van der Waals surface area contributed by atoms with Gasteiger partial charge in [-0.3, -0.25) is 14.2 Å². The molecule has 216 valence electrons. The number of amides is 2. The molecule has 1 atom stereocenters. The lowest BCUT2D eigenvalue weighted by atomic mass is 10.1. The highest BCUT2D eigenvalue weighted by molar-refractivity contribution is 7.99. The molecule has 2 amide bonds. The maximum Gasteiger partial charge on any atom is 0.246 e. The van der Waals surface area contributed by atoms with Crippen molar-refractivity contribution >= 4 is 29.7 Å². The molecule has 42 heavy (non-hydrogen) atoms. The monoisotopic (exact) mass is 583 g/mol. The minimum absolute atomic E-state index is 0.00834. The molecule has 9 nitrogen and oxygen atoms in total. The summed E-state index contributed by atoms with van der Waals surface area (Å²) < 4.78 is 12.7. The van der Waals surface area contributed by atoms with Crippen LogP contribution in [0.2, 0.25) is 0 Å². The van der Waals surface area contributed by atoms with Crippen LogP contribution in [0.15, 0.2) is 90.1 Å². The lowest BCUT2D eigenvalue weighted by Crippen LogP contribution is -2.55. The summed E-state index contributed by atoms with van der Waals surface area (Å²) in [6.45, 7) is 3.42. The van der Waals surface area contributed by atoms with Gasteiger partial charge in [0.05, 0.1) is 20.0 Å². The highest BCUT2D eigenvalue weighted by Gasteiger charge is 2.29. The van der Waals surface area contributed by atoms with Crippen LogP contribution in [0.1, 0.15) is 12.5 Å². The molecule has 2 heterocycles. The van der Waals surface area contributed by atoms with Crippen LogP contribution < -0.4 is 9.47 Å². The van der Waals surface area contributed by atoms with Crippen molar-refractivity contribution in [3.8, 4) is 28.6 Å². The zero-order valence-corrected chi connectivity index (χ0v) is 24.7. The van der Waals surface area contributed by atoms with Gasteiger partial charge in [-0.2, -0.15) is 0 Å². The van der Waals surface area contributed by atoms with Crippen LogP contribution in [0, 0.1) is 0 Å². The van der Waals surface area contributed by atoms with Crippen molar-refractivity contribution < 1.29 is 19.1 Å². The van der Waals surface area contributed by atoms with Crippen LogP contribution >= 0.6 is 11.8 Å². The number of hydrogen-bond acceptors (Lipinski definition) is 7. The van der Waals surface area contributed by atoms with Gasteiger partial charge in [-0.25, -0.2) is 0 Å². The highest BCUT2D eigenvalue weighted by Crippen LogP contribution is 2.30. The van der Waals surface area contributed by atoms with E-state index in [0.29, 0.717) is 36.4 Å². The number of ether oxygens (including phenoxy) is 2. The van der Waals surface area contributed by atoms with Crippen molar-refractivity contribution in [2.45, 2.75) is 18.1 Å². The van der Waals surface area contributed by atoms with Gasteiger partial charge < -0.3 is 19.3 Å². The Hall–Kier alpha value is -4.57. The summed E-state index contributed by atoms with van der Waals surface area (Å²) in [5.74, 6) is 2.22. The number of nitrogens with zero attached hydrogens (tertiary/aromatic N) is 5. The molecular formula is C32H33N5O4S. The van der Waals surface area contributed by atoms with E-state index in [1.165, 1.54) is 11.8 Å². The molecule has 0 N–H and O–H groups in total. The summed E-state index contributed by atoms with van der Waals surface area (Å²) in [5.41, 5.74) is 2.66. The van der Waals surface area contributed by atoms with E-state index in [1.807, 2.05) is 106 Å². The number of benzene rings is 3. The Morgan fingerprint density at radius 1 is 0.929 bits per heavy atom. The first kappa shape index (κ1) is 28.9. The molecule has 1 aliphatic heterocycles. The molecule has 0 bridgehead atoms. The van der Waals surface area contributed by atoms with Crippen molar-refractivity contribution in [1.29, 1.82) is 0 Å². The number of piperazine rings is 1. The maximum absolute atomic E-state index is 13.3. The topological polar surface area (TPSA) is 89.8 Å². The van der Waals surface area contributed by atoms with E-state index in [2.05, 4.69) is 10.2 Å². The molecule has 4 aromatic rings. The maximum atomic E-state index is 13.3. The summed E-state index contributed by atoms with van der Waals surface area (Å²) >= 11 is 1.34. The number of aromatic nitrogens is 3. The van der Waals surface area contributed by atoms with Gasteiger partial charge in [0.15, 0.2) is 11.0 Å². The fourth-order valence-corrected chi connectivity index (χ4v) is 5.69. The van der Waals surface area contributed by atoms with Crippen LogP contribution in [-0.2, 0) is 9.59 Å². The first-order chi connectivity index (χ1) is 20.5. The van der Waals surface area contributed by atoms with Gasteiger partial charge in [-0.1, -0.05) is 54.2 Å². The molecule has 5 rings (SSSR count). The fourth-order valence-electron chi connectivity index (χ4n) is 4.83. The number of hydrogen-bond donors (Lipinski definition) is 0. The van der Waals surface area contributed by atoms with E-state index < -0.39 is 0 Å². The van der Waals surface area contributed by atoms with E-state index in [0.717, 1.165) is 22.6 Å². The normalized spacial score (nSPS) is 15.2. The third kappa shape index (κ3) is 6.66. The Balaban J connectivity index is 1.27. The molecular weight excluding hydrogens is 550 g/mol. The summed E-state index contributed by atoms with van der Waals surface area (Å²) in [5, 5.41) is 9.53. The van der Waals surface area contributed by atoms with Crippen molar-refractivity contribution in [3.05, 3.63) is 90.5 Å². The molecule has 0 aliphatic carbocycles. The fraction of sp³-hybridized carbons (Fsp3) is 0.250. The Morgan fingerprint density at radius 2 is 1.69 bits per heavy atom. The lowest BCUT2D eigenvalue weighted by Gasteiger charge is -2.39. The first-order valence-corrected chi connectivity index (χ1v) is 14.6. The van der Waals surface area contributed by atoms with Gasteiger partial charge in [0.2, 0.25) is 11.8 Å². The molecule has 1 unspecified atom stereocenters. The van der Waals surface area contributed by atoms with Gasteiger partial charge in [0.25, 0.3) is 0 Å². The third-order valence-corrected chi connectivity index (χ3v) is 8.01. The predicted molar refractivity (Wildman–Crippen MR) is 164 cm³/mol. The second-order valence-corrected chi connectivity index (χ2v) is 10.8. The standard InChI is InChI=1S/C32H33N5O4S/c1-23-21-35(18-19-36(23)29(38)17-12-24-8-5-4-6-9-24)30(39)22-42-32-34-33-31(25-10-7-11-28(20-25)41-3)37(32)26-13-15-27(40-2)16-14-26/h4-17,20,23H,18-19,21-22H2,1-3H3. The van der Waals surface area contributed by atoms with Crippen LogP contribution in [0.5, 0.6) is 11.5 Å². The SMILES string of the molecule is COc1ccc(-n2c(SCC(=O)N3CCN(C(=O)C=Cc4ccccc4)C(C)C3)nnc2-c2cccc(OC)c2)cc1. The van der Waals surface area contributed by atoms with E-state index in [4.69, 9.17) is 9.47 Å². The molecule has 0 saturated carbocycles. The zero-order valence-electron chi connectivity index (χ0n) is 23.8. The van der Waals surface area contributed by atoms with Gasteiger partial charge in [-0.05, 0) is 55.0 Å². The van der Waals surface area contributed by atoms with Crippen LogP contribution in [-0.4, -0.2) is 82.0 Å². The third-order valence-electron chi connectivity index (χ3n) is 7.10. The smallest absolute Gasteiger partial charge is 0.246 e. The van der Waals surface area contributed by atoms with Crippen molar-refractivity contribution in [3.63, 3.8) is 0 Å². The van der Waals surface area contributed by atoms with Gasteiger partial charge in [0.1, 0.15) is 11.5 Å². The quantitative estimate of drug-likeness (QED) is 0.206. The minimum atomic E-state index is -0.0942. The number of carbonyl (C=O) groups is 2. The lowest BCUT2D eigenvalue weighted by molar-refractivity contribution is -0.138. The molecule has 1 aliphatic rings. The summed E-state index contributed by atoms with van der Waals surface area (Å²) in [7, 11) is 3.25. The Morgan fingerprint density at radius 3 is 2.40 bits per heavy atom. The van der Waals surface area contributed by atoms with Gasteiger partial charge in [0, 0.05) is 43.0 Å². The van der Waals surface area contributed by atoms with Gasteiger partial charge in [-0.15, -0.1) is 10.2 Å². The van der Waals surface area contributed by atoms with Crippen LogP contribution in [0.25, 0.3) is 23.2 Å². The predicted octanol–water partition coefficient (Wildman–Crippen LogP) is 4.82. The summed E-state index contributed by atoms with van der Waals surface area (Å²) in [6.07, 6.45) is 3.42. The van der Waals surface area contributed by atoms with E-state index in [9.17, 15) is 9.59 Å². The summed E-state index contributed by atoms with van der Waals surface area (Å²) in [4.78, 5) is 29.8. The molecule has 1 aromatic heterocycles. The van der Waals surface area contributed by atoms with Gasteiger partial charge >= 0.3 is 0 Å². The second-order valence-electron chi connectivity index (χ2n) is 9.82. The van der Waals surface area contributed by atoms with E-state index >= 15 is 0 Å². The summed E-state index contributed by atoms with van der Waals surface area (Å²) in [6, 6.07) is 24.9. The average Bonchev–Trinajstić information content (AvgIpc) is 3.47. The minimum Gasteiger partial charge on any atom is -0.497 e. The molecule has 0 radical (unpaired) electrons.